The molecule has 7 nitrogen and oxygen atoms in total. The summed E-state index contributed by atoms with van der Waals surface area (Å²) in [5, 5.41) is 2.88. The number of hydrogen-bond donors (Lipinski definition) is 1. The molecule has 0 aliphatic heterocycles. The second kappa shape index (κ2) is 6.75. The van der Waals surface area contributed by atoms with Crippen molar-refractivity contribution in [2.75, 3.05) is 5.32 Å². The fraction of sp³-hybridized carbons (Fsp3) is 0.250. The average molecular weight is 363 g/mol. The zero-order valence-corrected chi connectivity index (χ0v) is 15.3. The summed E-state index contributed by atoms with van der Waals surface area (Å²) in [7, 11) is 1.71. The van der Waals surface area contributed by atoms with E-state index in [2.05, 4.69) is 17.2 Å². The van der Waals surface area contributed by atoms with E-state index >= 15 is 0 Å². The summed E-state index contributed by atoms with van der Waals surface area (Å²) in [6.07, 6.45) is 0.923. The number of rotatable bonds is 5. The molecule has 0 bridgehead atoms. The molecule has 0 aliphatic carbocycles. The number of fused-ring (bicyclic) bond motifs is 2. The molecular formula is C20H21N5O2. The normalized spacial score (nSPS) is 11.3. The smallest absolute Gasteiger partial charge is 0.310 e. The molecule has 0 fully saturated rings. The van der Waals surface area contributed by atoms with Gasteiger partial charge < -0.3 is 4.57 Å². The van der Waals surface area contributed by atoms with E-state index in [1.807, 2.05) is 53.1 Å². The van der Waals surface area contributed by atoms with Crippen molar-refractivity contribution in [1.82, 2.24) is 18.7 Å². The highest BCUT2D eigenvalue weighted by Crippen LogP contribution is 2.20. The molecule has 0 saturated heterocycles. The zero-order chi connectivity index (χ0) is 19.0. The predicted molar refractivity (Wildman–Crippen MR) is 106 cm³/mol. The van der Waals surface area contributed by atoms with Crippen molar-refractivity contribution in [3.8, 4) is 0 Å². The molecule has 0 radical (unpaired) electrons. The van der Waals surface area contributed by atoms with Crippen LogP contribution in [0.1, 0.15) is 13.3 Å². The summed E-state index contributed by atoms with van der Waals surface area (Å²) in [5.41, 5.74) is 3.14. The van der Waals surface area contributed by atoms with Gasteiger partial charge in [0.25, 0.3) is 0 Å². The highest BCUT2D eigenvalue weighted by atomic mass is 16.2. The third-order valence-corrected chi connectivity index (χ3v) is 4.71. The summed E-state index contributed by atoms with van der Waals surface area (Å²) in [4.78, 5) is 29.7. The summed E-state index contributed by atoms with van der Waals surface area (Å²) in [6, 6.07) is 15.2. The van der Waals surface area contributed by atoms with Crippen LogP contribution in [0.15, 0.2) is 53.3 Å². The van der Waals surface area contributed by atoms with Crippen molar-refractivity contribution in [3.63, 3.8) is 0 Å². The van der Waals surface area contributed by atoms with E-state index in [0.717, 1.165) is 35.0 Å². The molecule has 0 atom stereocenters. The van der Waals surface area contributed by atoms with Crippen LogP contribution >= 0.6 is 0 Å². The average Bonchev–Trinajstić information content (AvgIpc) is 3.13. The van der Waals surface area contributed by atoms with E-state index in [9.17, 15) is 9.59 Å². The van der Waals surface area contributed by atoms with E-state index in [4.69, 9.17) is 0 Å². The highest BCUT2D eigenvalue weighted by Gasteiger charge is 2.16. The van der Waals surface area contributed by atoms with Crippen LogP contribution in [0, 0.1) is 0 Å². The molecule has 4 aromatic rings. The van der Waals surface area contributed by atoms with Crippen molar-refractivity contribution < 1.29 is 4.79 Å². The Kier molecular flexibility index (Phi) is 4.27. The first kappa shape index (κ1) is 17.1. The first-order chi connectivity index (χ1) is 13.1. The Morgan fingerprint density at radius 3 is 2.41 bits per heavy atom. The number of aromatic nitrogens is 4. The molecule has 7 heteroatoms. The number of aryl methyl sites for hydroxylation is 2. The lowest BCUT2D eigenvalue weighted by molar-refractivity contribution is -0.116. The van der Waals surface area contributed by atoms with Gasteiger partial charge in [-0.05, 0) is 30.7 Å². The van der Waals surface area contributed by atoms with Crippen LogP contribution in [0.2, 0.25) is 0 Å². The predicted octanol–water partition coefficient (Wildman–Crippen LogP) is 2.74. The van der Waals surface area contributed by atoms with Crippen LogP contribution in [0.5, 0.6) is 0 Å². The van der Waals surface area contributed by atoms with Crippen molar-refractivity contribution in [2.24, 2.45) is 7.05 Å². The Morgan fingerprint density at radius 1 is 1.00 bits per heavy atom. The summed E-state index contributed by atoms with van der Waals surface area (Å²) in [5.74, 6) is 0.234. The molecule has 2 aromatic heterocycles. The van der Waals surface area contributed by atoms with Crippen molar-refractivity contribution in [3.05, 3.63) is 59.0 Å². The minimum Gasteiger partial charge on any atom is -0.310 e. The molecule has 0 saturated carbocycles. The third-order valence-electron chi connectivity index (χ3n) is 4.71. The monoisotopic (exact) mass is 363 g/mol. The minimum absolute atomic E-state index is 0.0600. The van der Waals surface area contributed by atoms with Crippen LogP contribution < -0.4 is 11.0 Å². The number of nitrogens with one attached hydrogen (secondary N) is 1. The Bertz CT molecular complexity index is 1200. The SMILES string of the molecule is CCCn1c(NC(=O)Cn2c(=O)n(C)c3ccccc32)nc2ccccc21. The summed E-state index contributed by atoms with van der Waals surface area (Å²) in [6.45, 7) is 2.77. The van der Waals surface area contributed by atoms with E-state index in [-0.39, 0.29) is 18.1 Å². The van der Waals surface area contributed by atoms with Gasteiger partial charge >= 0.3 is 5.69 Å². The Labute approximate surface area is 155 Å². The van der Waals surface area contributed by atoms with Gasteiger partial charge in [0, 0.05) is 13.6 Å². The molecule has 2 aromatic carbocycles. The van der Waals surface area contributed by atoms with Gasteiger partial charge in [-0.3, -0.25) is 19.2 Å². The number of benzene rings is 2. The van der Waals surface area contributed by atoms with Gasteiger partial charge in [-0.25, -0.2) is 9.78 Å². The van der Waals surface area contributed by atoms with Crippen molar-refractivity contribution >= 4 is 33.9 Å². The second-order valence-corrected chi connectivity index (χ2v) is 6.54. The van der Waals surface area contributed by atoms with Gasteiger partial charge in [0.15, 0.2) is 0 Å². The van der Waals surface area contributed by atoms with Gasteiger partial charge in [-0.15, -0.1) is 0 Å². The maximum Gasteiger partial charge on any atom is 0.329 e. The number of para-hydroxylation sites is 4. The largest absolute Gasteiger partial charge is 0.329 e. The molecule has 27 heavy (non-hydrogen) atoms. The number of anilines is 1. The molecule has 0 aliphatic rings. The third kappa shape index (κ3) is 2.91. The molecule has 138 valence electrons. The number of imidazole rings is 2. The molecule has 1 N–H and O–H groups in total. The van der Waals surface area contributed by atoms with Gasteiger partial charge in [0.1, 0.15) is 6.54 Å². The van der Waals surface area contributed by atoms with Crippen LogP contribution in [0.4, 0.5) is 5.95 Å². The van der Waals surface area contributed by atoms with Crippen molar-refractivity contribution in [2.45, 2.75) is 26.4 Å². The quantitative estimate of drug-likeness (QED) is 0.592. The minimum atomic E-state index is -0.277. The zero-order valence-electron chi connectivity index (χ0n) is 15.3. The lowest BCUT2D eigenvalue weighted by atomic mass is 10.3. The van der Waals surface area contributed by atoms with Crippen molar-refractivity contribution in [1.29, 1.82) is 0 Å². The lowest BCUT2D eigenvalue weighted by Gasteiger charge is -2.09. The summed E-state index contributed by atoms with van der Waals surface area (Å²) >= 11 is 0. The fourth-order valence-corrected chi connectivity index (χ4v) is 3.44. The number of carbonyl (C=O) groups is 1. The first-order valence-electron chi connectivity index (χ1n) is 8.99. The maximum absolute atomic E-state index is 12.7. The van der Waals surface area contributed by atoms with Crippen LogP contribution in [0.25, 0.3) is 22.1 Å². The Morgan fingerprint density at radius 2 is 1.67 bits per heavy atom. The number of nitrogens with zero attached hydrogens (tertiary/aromatic N) is 4. The summed E-state index contributed by atoms with van der Waals surface area (Å²) < 4.78 is 5.03. The van der Waals surface area contributed by atoms with Gasteiger partial charge in [0.05, 0.1) is 22.1 Å². The maximum atomic E-state index is 12.7. The van der Waals surface area contributed by atoms with Gasteiger partial charge in [0.2, 0.25) is 11.9 Å². The van der Waals surface area contributed by atoms with E-state index in [1.165, 1.54) is 4.57 Å². The molecule has 4 rings (SSSR count). The van der Waals surface area contributed by atoms with Gasteiger partial charge in [-0.2, -0.15) is 0 Å². The van der Waals surface area contributed by atoms with Gasteiger partial charge in [-0.1, -0.05) is 31.2 Å². The second-order valence-electron chi connectivity index (χ2n) is 6.54. The number of carbonyl (C=O) groups excluding carboxylic acids is 1. The standard InChI is InChI=1S/C20H21N5O2/c1-3-12-24-15-9-5-4-8-14(15)21-19(24)22-18(26)13-25-17-11-7-6-10-16(17)23(2)20(25)27/h4-11H,3,12-13H2,1-2H3,(H,21,22,26). The number of hydrogen-bond acceptors (Lipinski definition) is 3. The van der Waals surface area contributed by atoms with E-state index in [1.54, 1.807) is 11.6 Å². The molecular weight excluding hydrogens is 342 g/mol. The van der Waals surface area contributed by atoms with Crippen LogP contribution in [0.3, 0.4) is 0 Å². The molecule has 1 amide bonds. The molecule has 2 heterocycles. The molecule has 0 spiro atoms. The van der Waals surface area contributed by atoms with E-state index < -0.39 is 0 Å². The number of amides is 1. The lowest BCUT2D eigenvalue weighted by Crippen LogP contribution is -2.29. The highest BCUT2D eigenvalue weighted by molar-refractivity contribution is 5.92. The Balaban J connectivity index is 1.66. The van der Waals surface area contributed by atoms with E-state index in [0.29, 0.717) is 5.95 Å². The first-order valence-corrected chi connectivity index (χ1v) is 8.99. The topological polar surface area (TPSA) is 73.8 Å². The van der Waals surface area contributed by atoms with Crippen LogP contribution in [-0.2, 0) is 24.9 Å². The molecule has 0 unspecified atom stereocenters. The fourth-order valence-electron chi connectivity index (χ4n) is 3.44. The van der Waals surface area contributed by atoms with Crippen LogP contribution in [-0.4, -0.2) is 24.6 Å². The Hall–Kier alpha value is -3.35.